The summed E-state index contributed by atoms with van der Waals surface area (Å²) in [7, 11) is 0. The van der Waals surface area contributed by atoms with Crippen LogP contribution in [0.4, 0.5) is 4.79 Å². The quantitative estimate of drug-likeness (QED) is 0.478. The molecule has 1 saturated carbocycles. The second-order valence-electron chi connectivity index (χ2n) is 7.42. The first-order valence-electron chi connectivity index (χ1n) is 8.49. The van der Waals surface area contributed by atoms with Gasteiger partial charge in [-0.1, -0.05) is 22.6 Å². The van der Waals surface area contributed by atoms with E-state index >= 15 is 0 Å². The maximum atomic E-state index is 11.8. The minimum absolute atomic E-state index is 0.195. The number of halogens is 1. The van der Waals surface area contributed by atoms with E-state index < -0.39 is 17.3 Å². The van der Waals surface area contributed by atoms with Crippen LogP contribution >= 0.6 is 22.6 Å². The molecule has 1 fully saturated rings. The first-order valence-corrected chi connectivity index (χ1v) is 10.0. The van der Waals surface area contributed by atoms with Gasteiger partial charge in [0.2, 0.25) is 0 Å². The molecular weight excluding hydrogens is 409 g/mol. The number of nitrogens with one attached hydrogen (secondary N) is 1. The summed E-state index contributed by atoms with van der Waals surface area (Å²) in [6.45, 7) is 10.8. The Hall–Kier alpha value is -0.0800. The van der Waals surface area contributed by atoms with Gasteiger partial charge in [0, 0.05) is 11.0 Å². The fourth-order valence-electron chi connectivity index (χ4n) is 2.69. The average molecular weight is 441 g/mol. The maximum Gasteiger partial charge on any atom is 0.407 e. The third-order valence-corrected chi connectivity index (χ3v) is 5.33. The average Bonchev–Trinajstić information content (AvgIpc) is 2.44. The number of hydrogen-bond donors (Lipinski definition) is 1. The number of rotatable bonds is 7. The first-order chi connectivity index (χ1) is 10.7. The predicted octanol–water partition coefficient (Wildman–Crippen LogP) is 4.07. The molecule has 3 atom stereocenters. The molecule has 136 valence electrons. The lowest BCUT2D eigenvalue weighted by molar-refractivity contribution is -0.105. The Bertz CT molecular complexity index is 370. The molecule has 23 heavy (non-hydrogen) atoms. The van der Waals surface area contributed by atoms with Gasteiger partial charge in [0.25, 0.3) is 0 Å². The van der Waals surface area contributed by atoms with Gasteiger partial charge < -0.3 is 19.5 Å². The van der Waals surface area contributed by atoms with Crippen LogP contribution in [0.15, 0.2) is 0 Å². The minimum Gasteiger partial charge on any atom is -0.444 e. The van der Waals surface area contributed by atoms with E-state index in [1.54, 1.807) is 0 Å². The molecule has 6 heteroatoms. The number of carbonyl (C=O) groups excluding carboxylic acids is 1. The Morgan fingerprint density at radius 1 is 1.22 bits per heavy atom. The molecule has 0 aliphatic heterocycles. The van der Waals surface area contributed by atoms with E-state index in [1.807, 2.05) is 34.6 Å². The van der Waals surface area contributed by atoms with E-state index in [0.29, 0.717) is 12.6 Å². The van der Waals surface area contributed by atoms with Gasteiger partial charge in [-0.15, -0.1) is 0 Å². The Balaban J connectivity index is 2.48. The summed E-state index contributed by atoms with van der Waals surface area (Å²) in [6.07, 6.45) is 4.34. The lowest BCUT2D eigenvalue weighted by atomic mass is 9.94. The monoisotopic (exact) mass is 441 g/mol. The molecule has 5 nitrogen and oxygen atoms in total. The fraction of sp³-hybridized carbons (Fsp3) is 0.941. The summed E-state index contributed by atoms with van der Waals surface area (Å²) in [5.74, 6) is 0. The lowest BCUT2D eigenvalue weighted by Gasteiger charge is -2.37. The van der Waals surface area contributed by atoms with Gasteiger partial charge in [-0.2, -0.15) is 0 Å². The molecular formula is C17H32INO4. The molecule has 0 spiro atoms. The molecule has 1 N–H and O–H groups in total. The van der Waals surface area contributed by atoms with E-state index in [-0.39, 0.29) is 6.10 Å². The first kappa shape index (κ1) is 21.0. The molecule has 1 amide bonds. The summed E-state index contributed by atoms with van der Waals surface area (Å²) in [5.41, 5.74) is -0.879. The highest BCUT2D eigenvalue weighted by Crippen LogP contribution is 2.28. The van der Waals surface area contributed by atoms with E-state index in [4.69, 9.17) is 14.2 Å². The highest BCUT2D eigenvalue weighted by molar-refractivity contribution is 14.1. The molecule has 1 aliphatic carbocycles. The largest absolute Gasteiger partial charge is 0.444 e. The normalized spacial score (nSPS) is 24.8. The summed E-state index contributed by atoms with van der Waals surface area (Å²) < 4.78 is 18.2. The van der Waals surface area contributed by atoms with Crippen LogP contribution < -0.4 is 5.32 Å². The third kappa shape index (κ3) is 8.54. The van der Waals surface area contributed by atoms with Crippen molar-refractivity contribution in [2.75, 3.05) is 17.6 Å². The molecule has 0 heterocycles. The molecule has 0 aromatic carbocycles. The van der Waals surface area contributed by atoms with Gasteiger partial charge in [-0.05, 0) is 60.3 Å². The zero-order valence-electron chi connectivity index (χ0n) is 15.1. The molecule has 0 radical (unpaired) electrons. The standard InChI is InChI=1S/C17H32INO4/c1-6-21-13-8-7-9-14(10-13)22-17(5,11-18)12-19-15(20)23-16(2,3)4/h13-14H,6-12H2,1-5H3,(H,19,20). The Morgan fingerprint density at radius 2 is 1.87 bits per heavy atom. The van der Waals surface area contributed by atoms with Crippen LogP contribution in [0.1, 0.15) is 60.3 Å². The van der Waals surface area contributed by atoms with Gasteiger partial charge in [-0.25, -0.2) is 4.79 Å². The van der Waals surface area contributed by atoms with E-state index in [1.165, 1.54) is 0 Å². The number of amides is 1. The highest BCUT2D eigenvalue weighted by atomic mass is 127. The van der Waals surface area contributed by atoms with Gasteiger partial charge in [0.15, 0.2) is 0 Å². The SMILES string of the molecule is CCOC1CCCC(OC(C)(CI)CNC(=O)OC(C)(C)C)C1. The van der Waals surface area contributed by atoms with Crippen LogP contribution in [-0.4, -0.2) is 47.1 Å². The molecule has 3 unspecified atom stereocenters. The van der Waals surface area contributed by atoms with Gasteiger partial charge in [0.1, 0.15) is 5.60 Å². The van der Waals surface area contributed by atoms with Crippen molar-refractivity contribution in [3.63, 3.8) is 0 Å². The van der Waals surface area contributed by atoms with Crippen LogP contribution in [-0.2, 0) is 14.2 Å². The minimum atomic E-state index is -0.486. The van der Waals surface area contributed by atoms with Crippen LogP contribution in [0.25, 0.3) is 0 Å². The smallest absolute Gasteiger partial charge is 0.407 e. The number of carbonyl (C=O) groups is 1. The summed E-state index contributed by atoms with van der Waals surface area (Å²) in [4.78, 5) is 11.8. The van der Waals surface area contributed by atoms with Crippen molar-refractivity contribution >= 4 is 28.7 Å². The Kier molecular flexibility index (Phi) is 8.58. The van der Waals surface area contributed by atoms with Gasteiger partial charge in [-0.3, -0.25) is 0 Å². The van der Waals surface area contributed by atoms with Crippen LogP contribution in [0.3, 0.4) is 0 Å². The van der Waals surface area contributed by atoms with E-state index in [2.05, 4.69) is 27.9 Å². The van der Waals surface area contributed by atoms with E-state index in [9.17, 15) is 4.79 Å². The number of hydrogen-bond acceptors (Lipinski definition) is 4. The molecule has 0 bridgehead atoms. The van der Waals surface area contributed by atoms with Crippen LogP contribution in [0.2, 0.25) is 0 Å². The van der Waals surface area contributed by atoms with Gasteiger partial charge in [0.05, 0.1) is 24.4 Å². The van der Waals surface area contributed by atoms with Crippen molar-refractivity contribution in [1.29, 1.82) is 0 Å². The Morgan fingerprint density at radius 3 is 2.43 bits per heavy atom. The second-order valence-corrected chi connectivity index (χ2v) is 8.19. The molecule has 0 saturated heterocycles. The summed E-state index contributed by atoms with van der Waals surface area (Å²) in [5, 5.41) is 2.83. The fourth-order valence-corrected chi connectivity index (χ4v) is 3.14. The van der Waals surface area contributed by atoms with Crippen molar-refractivity contribution in [3.05, 3.63) is 0 Å². The van der Waals surface area contributed by atoms with Crippen LogP contribution in [0.5, 0.6) is 0 Å². The molecule has 1 rings (SSSR count). The zero-order valence-corrected chi connectivity index (χ0v) is 17.3. The van der Waals surface area contributed by atoms with Crippen molar-refractivity contribution in [2.24, 2.45) is 0 Å². The van der Waals surface area contributed by atoms with E-state index in [0.717, 1.165) is 36.7 Å². The van der Waals surface area contributed by atoms with Crippen molar-refractivity contribution in [1.82, 2.24) is 5.32 Å². The van der Waals surface area contributed by atoms with Crippen molar-refractivity contribution in [2.45, 2.75) is 83.7 Å². The van der Waals surface area contributed by atoms with Crippen LogP contribution in [0, 0.1) is 0 Å². The maximum absolute atomic E-state index is 11.8. The second kappa shape index (κ2) is 9.42. The third-order valence-electron chi connectivity index (χ3n) is 3.72. The Labute approximate surface area is 154 Å². The molecule has 0 aromatic heterocycles. The number of alkyl carbamates (subject to hydrolysis) is 1. The number of alkyl halides is 1. The summed E-state index contributed by atoms with van der Waals surface area (Å²) in [6, 6.07) is 0. The predicted molar refractivity (Wildman–Crippen MR) is 100 cm³/mol. The highest BCUT2D eigenvalue weighted by Gasteiger charge is 2.32. The molecule has 1 aliphatic rings. The molecule has 0 aromatic rings. The van der Waals surface area contributed by atoms with Crippen molar-refractivity contribution in [3.8, 4) is 0 Å². The number of ether oxygens (including phenoxy) is 3. The lowest BCUT2D eigenvalue weighted by Crippen LogP contribution is -2.48. The van der Waals surface area contributed by atoms with Gasteiger partial charge >= 0.3 is 6.09 Å². The zero-order chi connectivity index (χ0) is 17.5. The topological polar surface area (TPSA) is 56.8 Å². The summed E-state index contributed by atoms with van der Waals surface area (Å²) >= 11 is 2.31. The van der Waals surface area contributed by atoms with Crippen molar-refractivity contribution < 1.29 is 19.0 Å².